The number of rotatable bonds is 8. The molecule has 0 unspecified atom stereocenters. The minimum atomic E-state index is -3.91. The summed E-state index contributed by atoms with van der Waals surface area (Å²) >= 11 is 0. The smallest absolute Gasteiger partial charge is 0.264 e. The van der Waals surface area contributed by atoms with Crippen LogP contribution in [-0.4, -0.2) is 61.2 Å². The van der Waals surface area contributed by atoms with Gasteiger partial charge >= 0.3 is 0 Å². The highest BCUT2D eigenvalue weighted by Gasteiger charge is 2.25. The number of nitrogens with zero attached hydrogens (tertiary/aromatic N) is 3. The van der Waals surface area contributed by atoms with Crippen LogP contribution in [0.2, 0.25) is 0 Å². The molecule has 1 aliphatic heterocycles. The van der Waals surface area contributed by atoms with Crippen LogP contribution in [0.1, 0.15) is 60.0 Å². The van der Waals surface area contributed by atoms with E-state index in [9.17, 15) is 18.0 Å². The maximum atomic E-state index is 13.5. The second-order valence-electron chi connectivity index (χ2n) is 11.7. The Morgan fingerprint density at radius 1 is 0.864 bits per heavy atom. The van der Waals surface area contributed by atoms with Gasteiger partial charge in [-0.3, -0.25) is 24.2 Å². The van der Waals surface area contributed by atoms with Crippen LogP contribution < -0.4 is 10.0 Å². The van der Waals surface area contributed by atoms with E-state index in [1.54, 1.807) is 36.5 Å². The Labute approximate surface area is 258 Å². The van der Waals surface area contributed by atoms with Crippen LogP contribution in [0.5, 0.6) is 0 Å². The molecule has 2 fully saturated rings. The lowest BCUT2D eigenvalue weighted by atomic mass is 9.94. The Morgan fingerprint density at radius 3 is 2.23 bits per heavy atom. The standard InChI is InChI=1S/C34H37N5O4S/c1-24(40)36-28-12-8-25(9-13-28)23-38-19-21-39(22-20-38)34(41)27-10-14-29(15-11-27)37-44(42,43)32-17-16-30(26-5-2-3-6-26)31-7-4-18-35-33(31)32/h4,7-18,26,37H,2-3,5-6,19-23H2,1H3,(H,36,40). The summed E-state index contributed by atoms with van der Waals surface area (Å²) in [6.45, 7) is 4.96. The van der Waals surface area contributed by atoms with Crippen molar-refractivity contribution in [3.8, 4) is 0 Å². The monoisotopic (exact) mass is 611 g/mol. The lowest BCUT2D eigenvalue weighted by molar-refractivity contribution is -0.114. The lowest BCUT2D eigenvalue weighted by Crippen LogP contribution is -2.48. The molecule has 44 heavy (non-hydrogen) atoms. The summed E-state index contributed by atoms with van der Waals surface area (Å²) in [5, 5.41) is 3.67. The number of hydrogen-bond acceptors (Lipinski definition) is 6. The molecule has 2 amide bonds. The number of amides is 2. The number of sulfonamides is 1. The van der Waals surface area contributed by atoms with Crippen LogP contribution in [0.25, 0.3) is 10.9 Å². The first-order valence-corrected chi connectivity index (χ1v) is 16.6. The fourth-order valence-corrected chi connectivity index (χ4v) is 7.54. The van der Waals surface area contributed by atoms with Gasteiger partial charge in [-0.25, -0.2) is 8.42 Å². The van der Waals surface area contributed by atoms with E-state index in [1.165, 1.54) is 25.3 Å². The largest absolute Gasteiger partial charge is 0.336 e. The number of pyridine rings is 1. The molecule has 0 atom stereocenters. The predicted molar refractivity (Wildman–Crippen MR) is 172 cm³/mol. The van der Waals surface area contributed by atoms with Gasteiger partial charge < -0.3 is 10.2 Å². The van der Waals surface area contributed by atoms with Crippen molar-refractivity contribution in [3.63, 3.8) is 0 Å². The number of nitrogens with one attached hydrogen (secondary N) is 2. The van der Waals surface area contributed by atoms with Crippen LogP contribution in [0, 0.1) is 0 Å². The van der Waals surface area contributed by atoms with Gasteiger partial charge in [-0.1, -0.05) is 37.1 Å². The molecule has 6 rings (SSSR count). The number of fused-ring (bicyclic) bond motifs is 1. The normalized spacial score (nSPS) is 16.2. The Balaban J connectivity index is 1.07. The summed E-state index contributed by atoms with van der Waals surface area (Å²) in [6, 6.07) is 21.8. The van der Waals surface area contributed by atoms with Gasteiger partial charge in [0.25, 0.3) is 15.9 Å². The van der Waals surface area contributed by atoms with E-state index in [2.05, 4.69) is 19.9 Å². The Hall–Kier alpha value is -4.28. The SMILES string of the molecule is CC(=O)Nc1ccc(CN2CCN(C(=O)c3ccc(NS(=O)(=O)c4ccc(C5CCCC5)c5cccnc45)cc3)CC2)cc1. The van der Waals surface area contributed by atoms with Crippen molar-refractivity contribution in [2.75, 3.05) is 36.2 Å². The number of carbonyl (C=O) groups excluding carboxylic acids is 2. The predicted octanol–water partition coefficient (Wildman–Crippen LogP) is 5.61. The van der Waals surface area contributed by atoms with Crippen molar-refractivity contribution in [1.29, 1.82) is 0 Å². The van der Waals surface area contributed by atoms with E-state index in [4.69, 9.17) is 0 Å². The fourth-order valence-electron chi connectivity index (χ4n) is 6.32. The van der Waals surface area contributed by atoms with E-state index in [0.717, 1.165) is 49.1 Å². The molecule has 3 aromatic carbocycles. The molecule has 4 aromatic rings. The maximum Gasteiger partial charge on any atom is 0.264 e. The van der Waals surface area contributed by atoms with Crippen molar-refractivity contribution in [1.82, 2.24) is 14.8 Å². The number of hydrogen-bond donors (Lipinski definition) is 2. The molecular weight excluding hydrogens is 574 g/mol. The van der Waals surface area contributed by atoms with E-state index in [0.29, 0.717) is 35.8 Å². The molecule has 1 saturated heterocycles. The maximum absolute atomic E-state index is 13.5. The topological polar surface area (TPSA) is 112 Å². The van der Waals surface area contributed by atoms with Crippen LogP contribution in [0.3, 0.4) is 0 Å². The lowest BCUT2D eigenvalue weighted by Gasteiger charge is -2.34. The highest BCUT2D eigenvalue weighted by Crippen LogP contribution is 2.39. The summed E-state index contributed by atoms with van der Waals surface area (Å²) in [4.78, 5) is 33.2. The number of piperazine rings is 1. The third kappa shape index (κ3) is 6.61. The van der Waals surface area contributed by atoms with E-state index in [1.807, 2.05) is 47.4 Å². The van der Waals surface area contributed by atoms with Crippen molar-refractivity contribution >= 4 is 44.1 Å². The van der Waals surface area contributed by atoms with Gasteiger partial charge in [0, 0.05) is 68.2 Å². The number of anilines is 2. The quantitative estimate of drug-likeness (QED) is 0.268. The summed E-state index contributed by atoms with van der Waals surface area (Å²) in [7, 11) is -3.91. The van der Waals surface area contributed by atoms with Crippen molar-refractivity contribution in [2.45, 2.75) is 50.0 Å². The highest BCUT2D eigenvalue weighted by molar-refractivity contribution is 7.93. The molecule has 1 aromatic heterocycles. The highest BCUT2D eigenvalue weighted by atomic mass is 32.2. The molecule has 2 N–H and O–H groups in total. The van der Waals surface area contributed by atoms with E-state index >= 15 is 0 Å². The van der Waals surface area contributed by atoms with Gasteiger partial charge in [0.05, 0.1) is 5.52 Å². The Morgan fingerprint density at radius 2 is 1.55 bits per heavy atom. The average molecular weight is 612 g/mol. The van der Waals surface area contributed by atoms with E-state index in [-0.39, 0.29) is 16.7 Å². The third-order valence-corrected chi connectivity index (χ3v) is 9.99. The van der Waals surface area contributed by atoms with Gasteiger partial charge in [0.15, 0.2) is 0 Å². The zero-order valence-electron chi connectivity index (χ0n) is 24.8. The van der Waals surface area contributed by atoms with Crippen molar-refractivity contribution in [3.05, 3.63) is 95.7 Å². The number of aromatic nitrogens is 1. The molecule has 0 radical (unpaired) electrons. The second kappa shape index (κ2) is 12.8. The van der Waals surface area contributed by atoms with E-state index < -0.39 is 10.0 Å². The molecule has 2 aliphatic rings. The Kier molecular flexibility index (Phi) is 8.63. The van der Waals surface area contributed by atoms with Crippen molar-refractivity contribution < 1.29 is 18.0 Å². The molecule has 228 valence electrons. The molecule has 0 bridgehead atoms. The average Bonchev–Trinajstić information content (AvgIpc) is 3.56. The summed E-state index contributed by atoms with van der Waals surface area (Å²) < 4.78 is 29.7. The number of carbonyl (C=O) groups is 2. The molecule has 1 aliphatic carbocycles. The summed E-state index contributed by atoms with van der Waals surface area (Å²) in [5.74, 6) is 0.269. The number of benzene rings is 3. The first-order chi connectivity index (χ1) is 21.3. The first kappa shape index (κ1) is 29.8. The van der Waals surface area contributed by atoms with Gasteiger partial charge in [0.2, 0.25) is 5.91 Å². The van der Waals surface area contributed by atoms with Crippen LogP contribution in [0.4, 0.5) is 11.4 Å². The first-order valence-electron chi connectivity index (χ1n) is 15.2. The van der Waals surface area contributed by atoms with Crippen molar-refractivity contribution in [2.24, 2.45) is 0 Å². The molecule has 9 nitrogen and oxygen atoms in total. The molecule has 10 heteroatoms. The zero-order valence-corrected chi connectivity index (χ0v) is 25.6. The third-order valence-electron chi connectivity index (χ3n) is 8.57. The minimum absolute atomic E-state index is 0.0728. The van der Waals surface area contributed by atoms with Crippen LogP contribution in [0.15, 0.2) is 83.9 Å². The molecule has 2 heterocycles. The summed E-state index contributed by atoms with van der Waals surface area (Å²) in [6.07, 6.45) is 6.26. The Bertz CT molecular complexity index is 1760. The van der Waals surface area contributed by atoms with Crippen LogP contribution >= 0.6 is 0 Å². The zero-order chi connectivity index (χ0) is 30.7. The van der Waals surface area contributed by atoms with Gasteiger partial charge in [-0.15, -0.1) is 0 Å². The van der Waals surface area contributed by atoms with Crippen LogP contribution in [-0.2, 0) is 21.4 Å². The minimum Gasteiger partial charge on any atom is -0.336 e. The molecular formula is C34H37N5O4S. The molecule has 0 spiro atoms. The fraction of sp³-hybridized carbons (Fsp3) is 0.324. The summed E-state index contributed by atoms with van der Waals surface area (Å²) in [5.41, 5.74) is 4.48. The second-order valence-corrected chi connectivity index (χ2v) is 13.3. The van der Waals surface area contributed by atoms with Gasteiger partial charge in [-0.05, 0) is 78.4 Å². The van der Waals surface area contributed by atoms with Gasteiger partial charge in [0.1, 0.15) is 4.90 Å². The van der Waals surface area contributed by atoms with Gasteiger partial charge in [-0.2, -0.15) is 0 Å². The molecule has 1 saturated carbocycles.